The number of nitrogens with two attached hydrogens (primary N) is 1. The minimum Gasteiger partial charge on any atom is -0.467 e. The van der Waals surface area contributed by atoms with Crippen molar-refractivity contribution in [3.8, 4) is 5.88 Å². The van der Waals surface area contributed by atoms with Crippen LogP contribution in [0.1, 0.15) is 29.4 Å². The largest absolute Gasteiger partial charge is 0.467 e. The highest BCUT2D eigenvalue weighted by molar-refractivity contribution is 8.15. The molecule has 2 aliphatic rings. The highest BCUT2D eigenvalue weighted by atomic mass is 32.2. The van der Waals surface area contributed by atoms with Crippen LogP contribution in [0.2, 0.25) is 0 Å². The van der Waals surface area contributed by atoms with Crippen LogP contribution in [0.3, 0.4) is 0 Å². The monoisotopic (exact) mass is 530 g/mol. The van der Waals surface area contributed by atoms with Crippen LogP contribution >= 0.6 is 11.8 Å². The number of carbonyl (C=O) groups is 2. The van der Waals surface area contributed by atoms with Crippen LogP contribution in [0.4, 0.5) is 27.6 Å². The fourth-order valence-corrected chi connectivity index (χ4v) is 5.60. The van der Waals surface area contributed by atoms with Gasteiger partial charge in [0, 0.05) is 30.3 Å². The summed E-state index contributed by atoms with van der Waals surface area (Å²) in [5.74, 6) is -4.63. The molecule has 9 nitrogen and oxygen atoms in total. The van der Waals surface area contributed by atoms with Crippen molar-refractivity contribution in [3.05, 3.63) is 47.4 Å². The van der Waals surface area contributed by atoms with E-state index in [1.807, 2.05) is 0 Å². The summed E-state index contributed by atoms with van der Waals surface area (Å²) in [5, 5.41) is 4.94. The number of anilines is 1. The minimum atomic E-state index is -4.58. The molecule has 3 atom stereocenters. The molecule has 1 aromatic carbocycles. The van der Waals surface area contributed by atoms with Gasteiger partial charge >= 0.3 is 6.18 Å². The summed E-state index contributed by atoms with van der Waals surface area (Å²) in [5.41, 5.74) is 3.87. The van der Waals surface area contributed by atoms with Crippen molar-refractivity contribution >= 4 is 34.4 Å². The van der Waals surface area contributed by atoms with E-state index in [-0.39, 0.29) is 28.0 Å². The molecule has 0 unspecified atom stereocenters. The Morgan fingerprint density at radius 3 is 2.58 bits per heavy atom. The van der Waals surface area contributed by atoms with Gasteiger partial charge < -0.3 is 21.1 Å². The lowest BCUT2D eigenvalue weighted by Gasteiger charge is -2.33. The average molecular weight is 530 g/mol. The molecule has 2 heterocycles. The fourth-order valence-electron chi connectivity index (χ4n) is 4.17. The summed E-state index contributed by atoms with van der Waals surface area (Å²) in [4.78, 5) is 36.6. The topological polar surface area (TPSA) is 132 Å². The third kappa shape index (κ3) is 4.66. The highest BCUT2D eigenvalue weighted by Gasteiger charge is 2.70. The molecule has 0 spiro atoms. The maximum Gasteiger partial charge on any atom is 0.422 e. The van der Waals surface area contributed by atoms with E-state index in [1.165, 1.54) is 20.0 Å². The van der Waals surface area contributed by atoms with E-state index in [0.717, 1.165) is 30.2 Å². The molecule has 15 heteroatoms. The molecule has 36 heavy (non-hydrogen) atoms. The first-order valence-corrected chi connectivity index (χ1v) is 11.2. The molecule has 1 aliphatic heterocycles. The Morgan fingerprint density at radius 2 is 1.97 bits per heavy atom. The maximum absolute atomic E-state index is 15.0. The molecule has 2 amide bonds. The van der Waals surface area contributed by atoms with Gasteiger partial charge in [-0.25, -0.2) is 18.7 Å². The van der Waals surface area contributed by atoms with Gasteiger partial charge in [0.05, 0.1) is 17.9 Å². The SMILES string of the molecule is CNC(=O)[C@]12C[C@H]1[C@@](C)(c1cc(NC(=O)c3cnc(OCC(F)(F)F)cn3)cc(F)c1F)N=C(N)S2. The molecule has 2 aromatic rings. The molecule has 4 N–H and O–H groups in total. The molecular weight excluding hydrogens is 511 g/mol. The quantitative estimate of drug-likeness (QED) is 0.490. The summed E-state index contributed by atoms with van der Waals surface area (Å²) < 4.78 is 69.7. The third-order valence-corrected chi connectivity index (χ3v) is 7.21. The van der Waals surface area contributed by atoms with Crippen molar-refractivity contribution < 1.29 is 36.3 Å². The van der Waals surface area contributed by atoms with Crippen molar-refractivity contribution in [1.82, 2.24) is 15.3 Å². The first-order chi connectivity index (χ1) is 16.8. The van der Waals surface area contributed by atoms with E-state index in [2.05, 4.69) is 30.3 Å². The second-order valence-corrected chi connectivity index (χ2v) is 9.69. The van der Waals surface area contributed by atoms with Gasteiger partial charge in [-0.3, -0.25) is 14.6 Å². The van der Waals surface area contributed by atoms with Gasteiger partial charge in [-0.1, -0.05) is 11.8 Å². The number of aromatic nitrogens is 2. The van der Waals surface area contributed by atoms with Crippen LogP contribution in [0.5, 0.6) is 5.88 Å². The lowest BCUT2D eigenvalue weighted by Crippen LogP contribution is -2.43. The molecule has 1 aliphatic carbocycles. The number of alkyl halides is 3. The van der Waals surface area contributed by atoms with Crippen molar-refractivity contribution in [1.29, 1.82) is 0 Å². The first-order valence-electron chi connectivity index (χ1n) is 10.4. The Morgan fingerprint density at radius 1 is 1.25 bits per heavy atom. The Hall–Kier alpha value is -3.49. The van der Waals surface area contributed by atoms with Crippen LogP contribution in [-0.4, -0.2) is 51.5 Å². The number of fused-ring (bicyclic) bond motifs is 1. The minimum absolute atomic E-state index is 0.0344. The molecule has 4 rings (SSSR count). The number of nitrogens with zero attached hydrogens (tertiary/aromatic N) is 3. The van der Waals surface area contributed by atoms with Crippen LogP contribution in [0.25, 0.3) is 0 Å². The number of nitrogens with one attached hydrogen (secondary N) is 2. The molecule has 1 saturated carbocycles. The number of carbonyl (C=O) groups excluding carboxylic acids is 2. The number of amidine groups is 1. The zero-order valence-electron chi connectivity index (χ0n) is 18.7. The van der Waals surface area contributed by atoms with Gasteiger partial charge in [-0.2, -0.15) is 13.2 Å². The van der Waals surface area contributed by atoms with E-state index in [4.69, 9.17) is 5.73 Å². The Labute approximate surface area is 205 Å². The Balaban J connectivity index is 1.58. The fraction of sp³-hybridized carbons (Fsp3) is 0.381. The second-order valence-electron chi connectivity index (χ2n) is 8.34. The standard InChI is InChI=1S/C21H19F5N6O3S/c1-19(13-5-20(13,17(34)28-2)36-18(27)32-19)10-3-9(4-11(22)15(10)23)31-16(33)12-6-30-14(7-29-12)35-8-21(24,25)26/h3-4,6-7,13H,5,8H2,1-2H3,(H2,27,32)(H,28,34)(H,31,33)/t13-,19+,20-/m0/s1. The number of amides is 2. The van der Waals surface area contributed by atoms with E-state index >= 15 is 0 Å². The summed E-state index contributed by atoms with van der Waals surface area (Å²) in [6.45, 7) is -0.0547. The van der Waals surface area contributed by atoms with Crippen molar-refractivity contribution in [3.63, 3.8) is 0 Å². The number of hydrogen-bond donors (Lipinski definition) is 3. The normalized spacial score (nSPS) is 24.9. The smallest absolute Gasteiger partial charge is 0.422 e. The summed E-state index contributed by atoms with van der Waals surface area (Å²) in [7, 11) is 1.46. The van der Waals surface area contributed by atoms with Gasteiger partial charge in [0.15, 0.2) is 23.4 Å². The first kappa shape index (κ1) is 25.6. The van der Waals surface area contributed by atoms with E-state index in [1.54, 1.807) is 0 Å². The van der Waals surface area contributed by atoms with Gasteiger partial charge in [0.1, 0.15) is 10.4 Å². The van der Waals surface area contributed by atoms with E-state index in [0.29, 0.717) is 6.42 Å². The number of hydrogen-bond acceptors (Lipinski definition) is 8. The van der Waals surface area contributed by atoms with Crippen molar-refractivity contribution in [2.75, 3.05) is 19.0 Å². The lowest BCUT2D eigenvalue weighted by molar-refractivity contribution is -0.154. The van der Waals surface area contributed by atoms with Crippen LogP contribution in [0, 0.1) is 17.6 Å². The average Bonchev–Trinajstić information content (AvgIpc) is 3.55. The lowest BCUT2D eigenvalue weighted by atomic mass is 9.85. The number of thioether (sulfide) groups is 1. The van der Waals surface area contributed by atoms with Crippen molar-refractivity contribution in [2.24, 2.45) is 16.6 Å². The number of ether oxygens (including phenoxy) is 1. The second kappa shape index (κ2) is 8.87. The predicted molar refractivity (Wildman–Crippen MR) is 119 cm³/mol. The zero-order valence-corrected chi connectivity index (χ0v) is 19.6. The number of halogens is 5. The molecule has 1 aromatic heterocycles. The van der Waals surface area contributed by atoms with Gasteiger partial charge in [0.2, 0.25) is 11.8 Å². The van der Waals surface area contributed by atoms with Crippen LogP contribution < -0.4 is 21.1 Å². The third-order valence-electron chi connectivity index (χ3n) is 5.91. The molecule has 0 radical (unpaired) electrons. The summed E-state index contributed by atoms with van der Waals surface area (Å²) in [6.07, 6.45) is -2.56. The Kier molecular flexibility index (Phi) is 6.31. The summed E-state index contributed by atoms with van der Waals surface area (Å²) in [6, 6.07) is 1.93. The van der Waals surface area contributed by atoms with Crippen molar-refractivity contribution in [2.45, 2.75) is 29.8 Å². The number of rotatable bonds is 6. The number of benzene rings is 1. The Bertz CT molecular complexity index is 1260. The maximum atomic E-state index is 15.0. The molecule has 1 fully saturated rings. The molecular formula is C21H19F5N6O3S. The van der Waals surface area contributed by atoms with Crippen LogP contribution in [-0.2, 0) is 10.3 Å². The van der Waals surface area contributed by atoms with E-state index < -0.39 is 52.4 Å². The van der Waals surface area contributed by atoms with Crippen LogP contribution in [0.15, 0.2) is 29.5 Å². The summed E-state index contributed by atoms with van der Waals surface area (Å²) >= 11 is 1.06. The zero-order chi connectivity index (χ0) is 26.5. The highest BCUT2D eigenvalue weighted by Crippen LogP contribution is 2.66. The molecule has 0 saturated heterocycles. The predicted octanol–water partition coefficient (Wildman–Crippen LogP) is 2.73. The van der Waals surface area contributed by atoms with Gasteiger partial charge in [-0.15, -0.1) is 0 Å². The molecule has 0 bridgehead atoms. The van der Waals surface area contributed by atoms with E-state index in [9.17, 15) is 31.5 Å². The molecule has 192 valence electrons. The van der Waals surface area contributed by atoms with Gasteiger partial charge in [0.25, 0.3) is 5.91 Å². The van der Waals surface area contributed by atoms with Gasteiger partial charge in [-0.05, 0) is 19.4 Å². The number of aliphatic imine (C=N–C) groups is 1.